The molecule has 0 heterocycles. The summed E-state index contributed by atoms with van der Waals surface area (Å²) in [6.07, 6.45) is 4.63. The maximum atomic E-state index is 11.2. The zero-order chi connectivity index (χ0) is 12.6. The van der Waals surface area contributed by atoms with Crippen molar-refractivity contribution in [2.45, 2.75) is 20.8 Å². The summed E-state index contributed by atoms with van der Waals surface area (Å²) < 4.78 is 5.00. The van der Waals surface area contributed by atoms with Gasteiger partial charge in [0.1, 0.15) is 12.3 Å². The second-order valence-corrected chi connectivity index (χ2v) is 3.46. The van der Waals surface area contributed by atoms with Gasteiger partial charge in [-0.05, 0) is 18.2 Å². The molecule has 4 nitrogen and oxygen atoms in total. The highest BCUT2D eigenvalue weighted by atomic mass is 16.5. The van der Waals surface area contributed by atoms with Gasteiger partial charge >= 0.3 is 5.97 Å². The van der Waals surface area contributed by atoms with Crippen molar-refractivity contribution in [3.8, 4) is 0 Å². The molecular formula is C12H17NO3. The monoisotopic (exact) mass is 223 g/mol. The highest BCUT2D eigenvalue weighted by molar-refractivity contribution is 5.71. The van der Waals surface area contributed by atoms with E-state index in [1.54, 1.807) is 26.8 Å². The maximum Gasteiger partial charge on any atom is 0.308 e. The van der Waals surface area contributed by atoms with Crippen LogP contribution in [0.3, 0.4) is 0 Å². The molecule has 4 heteroatoms. The molecule has 0 amide bonds. The summed E-state index contributed by atoms with van der Waals surface area (Å²) >= 11 is 0. The van der Waals surface area contributed by atoms with Gasteiger partial charge in [-0.1, -0.05) is 32.6 Å². The minimum absolute atomic E-state index is 0.0545. The highest BCUT2D eigenvalue weighted by Crippen LogP contribution is 2.12. The number of rotatable bonds is 6. The summed E-state index contributed by atoms with van der Waals surface area (Å²) in [7, 11) is 0. The summed E-state index contributed by atoms with van der Waals surface area (Å²) in [6.45, 7) is 8.78. The van der Waals surface area contributed by atoms with Crippen molar-refractivity contribution in [1.29, 1.82) is 0 Å². The van der Waals surface area contributed by atoms with Crippen molar-refractivity contribution in [1.82, 2.24) is 0 Å². The van der Waals surface area contributed by atoms with Crippen LogP contribution < -0.4 is 0 Å². The maximum absolute atomic E-state index is 11.2. The molecule has 0 rings (SSSR count). The first-order chi connectivity index (χ1) is 7.56. The fraction of sp³-hybridized carbons (Fsp3) is 0.417. The number of carbonyl (C=O) groups excluding carboxylic acids is 1. The van der Waals surface area contributed by atoms with E-state index < -0.39 is 0 Å². The van der Waals surface area contributed by atoms with Crippen LogP contribution in [0.1, 0.15) is 20.8 Å². The van der Waals surface area contributed by atoms with Crippen LogP contribution in [-0.2, 0) is 9.53 Å². The second kappa shape index (κ2) is 7.56. The van der Waals surface area contributed by atoms with Gasteiger partial charge in [0.15, 0.2) is 0 Å². The predicted octanol–water partition coefficient (Wildman–Crippen LogP) is 2.97. The van der Waals surface area contributed by atoms with Crippen LogP contribution in [0.25, 0.3) is 0 Å². The minimum atomic E-state index is -0.303. The van der Waals surface area contributed by atoms with Crippen LogP contribution in [0.5, 0.6) is 0 Å². The Kier molecular flexibility index (Phi) is 6.76. The zero-order valence-corrected chi connectivity index (χ0v) is 9.90. The molecule has 88 valence electrons. The molecular weight excluding hydrogens is 206 g/mol. The summed E-state index contributed by atoms with van der Waals surface area (Å²) in [5.41, 5.74) is 0.804. The Balaban J connectivity index is 4.55. The standard InChI is InChI=1S/C12H17NO3/c1-5-7-11(13-15)10(6-2)8-16-12(14)9(3)4/h5-7,9H,1,8H2,2-4H3/b10-6-,11-7+. The number of esters is 1. The van der Waals surface area contributed by atoms with E-state index in [1.807, 2.05) is 0 Å². The Labute approximate surface area is 95.7 Å². The van der Waals surface area contributed by atoms with Gasteiger partial charge in [-0.25, -0.2) is 0 Å². The van der Waals surface area contributed by atoms with Crippen molar-refractivity contribution in [2.24, 2.45) is 11.1 Å². The number of ether oxygens (including phenoxy) is 1. The van der Waals surface area contributed by atoms with E-state index in [9.17, 15) is 9.70 Å². The van der Waals surface area contributed by atoms with E-state index in [1.165, 1.54) is 12.2 Å². The molecule has 0 aromatic carbocycles. The quantitative estimate of drug-likeness (QED) is 0.395. The van der Waals surface area contributed by atoms with Crippen LogP contribution in [0.2, 0.25) is 0 Å². The number of carbonyl (C=O) groups is 1. The lowest BCUT2D eigenvalue weighted by molar-refractivity contribution is -0.146. The fourth-order valence-electron chi connectivity index (χ4n) is 0.928. The van der Waals surface area contributed by atoms with E-state index in [2.05, 4.69) is 11.8 Å². The molecule has 0 radical (unpaired) electrons. The van der Waals surface area contributed by atoms with Crippen LogP contribution >= 0.6 is 0 Å². The second-order valence-electron chi connectivity index (χ2n) is 3.46. The predicted molar refractivity (Wildman–Crippen MR) is 63.6 cm³/mol. The molecule has 0 saturated carbocycles. The van der Waals surface area contributed by atoms with E-state index in [4.69, 9.17) is 4.74 Å². The summed E-state index contributed by atoms with van der Waals surface area (Å²) in [4.78, 5) is 21.8. The third-order valence-corrected chi connectivity index (χ3v) is 1.89. The molecule has 0 unspecified atom stereocenters. The van der Waals surface area contributed by atoms with Gasteiger partial charge in [-0.2, -0.15) is 0 Å². The van der Waals surface area contributed by atoms with Gasteiger partial charge < -0.3 is 4.74 Å². The molecule has 0 atom stereocenters. The third-order valence-electron chi connectivity index (χ3n) is 1.89. The molecule has 0 aliphatic heterocycles. The summed E-state index contributed by atoms with van der Waals surface area (Å²) in [5, 5.41) is 2.85. The number of allylic oxidation sites excluding steroid dienone is 3. The molecule has 0 aromatic rings. The first kappa shape index (κ1) is 14.3. The smallest absolute Gasteiger partial charge is 0.308 e. The van der Waals surface area contributed by atoms with Gasteiger partial charge in [0.25, 0.3) is 0 Å². The van der Waals surface area contributed by atoms with Crippen molar-refractivity contribution >= 4 is 5.97 Å². The number of hydrogen-bond donors (Lipinski definition) is 0. The van der Waals surface area contributed by atoms with Gasteiger partial charge in [0.05, 0.1) is 5.92 Å². The largest absolute Gasteiger partial charge is 0.461 e. The van der Waals surface area contributed by atoms with Crippen molar-refractivity contribution in [3.05, 3.63) is 41.0 Å². The average Bonchev–Trinajstić information content (AvgIpc) is 2.27. The van der Waals surface area contributed by atoms with Gasteiger partial charge in [0, 0.05) is 5.57 Å². The Bertz CT molecular complexity index is 327. The normalized spacial score (nSPS) is 12.5. The molecule has 0 spiro atoms. The van der Waals surface area contributed by atoms with Crippen molar-refractivity contribution in [2.75, 3.05) is 6.61 Å². The first-order valence-corrected chi connectivity index (χ1v) is 5.05. The highest BCUT2D eigenvalue weighted by Gasteiger charge is 2.11. The third kappa shape index (κ3) is 4.68. The average molecular weight is 223 g/mol. The van der Waals surface area contributed by atoms with Gasteiger partial charge in [-0.15, -0.1) is 4.91 Å². The lowest BCUT2D eigenvalue weighted by Crippen LogP contribution is -2.13. The first-order valence-electron chi connectivity index (χ1n) is 5.05. The van der Waals surface area contributed by atoms with E-state index in [-0.39, 0.29) is 24.2 Å². The van der Waals surface area contributed by atoms with E-state index in [0.29, 0.717) is 5.57 Å². The molecule has 0 aromatic heterocycles. The fourth-order valence-corrected chi connectivity index (χ4v) is 0.928. The zero-order valence-electron chi connectivity index (χ0n) is 9.90. The molecule has 0 bridgehead atoms. The van der Waals surface area contributed by atoms with Crippen LogP contribution in [0, 0.1) is 10.8 Å². The van der Waals surface area contributed by atoms with E-state index in [0.717, 1.165) is 0 Å². The molecule has 0 saturated heterocycles. The molecule has 16 heavy (non-hydrogen) atoms. The topological polar surface area (TPSA) is 55.7 Å². The molecule has 0 N–H and O–H groups in total. The minimum Gasteiger partial charge on any atom is -0.461 e. The van der Waals surface area contributed by atoms with Crippen LogP contribution in [-0.4, -0.2) is 12.6 Å². The Hall–Kier alpha value is -1.71. The number of hydrogen-bond acceptors (Lipinski definition) is 4. The number of nitrogens with zero attached hydrogens (tertiary/aromatic N) is 1. The summed E-state index contributed by atoms with van der Waals surface area (Å²) in [6, 6.07) is 0. The molecule has 0 aliphatic rings. The molecule has 0 fully saturated rings. The van der Waals surface area contributed by atoms with E-state index >= 15 is 0 Å². The van der Waals surface area contributed by atoms with Crippen molar-refractivity contribution in [3.63, 3.8) is 0 Å². The summed E-state index contributed by atoms with van der Waals surface area (Å²) in [5.74, 6) is -0.489. The van der Waals surface area contributed by atoms with Gasteiger partial charge in [0.2, 0.25) is 0 Å². The SMILES string of the molecule is C=C/C=C(N=O)\C(=C/C)COC(=O)C(C)C. The van der Waals surface area contributed by atoms with Crippen LogP contribution in [0.4, 0.5) is 0 Å². The Morgan fingerprint density at radius 3 is 2.50 bits per heavy atom. The molecule has 0 aliphatic carbocycles. The van der Waals surface area contributed by atoms with Crippen molar-refractivity contribution < 1.29 is 9.53 Å². The lowest BCUT2D eigenvalue weighted by Gasteiger charge is -2.08. The Morgan fingerprint density at radius 1 is 1.50 bits per heavy atom. The number of nitroso groups, excluding NO2 is 1. The Morgan fingerprint density at radius 2 is 2.12 bits per heavy atom. The van der Waals surface area contributed by atoms with Crippen LogP contribution in [0.15, 0.2) is 41.3 Å². The van der Waals surface area contributed by atoms with Gasteiger partial charge in [-0.3, -0.25) is 4.79 Å². The lowest BCUT2D eigenvalue weighted by atomic mass is 10.2.